The lowest BCUT2D eigenvalue weighted by Crippen LogP contribution is -2.03. The van der Waals surface area contributed by atoms with Crippen molar-refractivity contribution in [3.63, 3.8) is 0 Å². The zero-order valence-corrected chi connectivity index (χ0v) is 5.93. The zero-order valence-electron chi connectivity index (χ0n) is 5.93. The average Bonchev–Trinajstić information content (AvgIpc) is 1.89. The first-order valence-corrected chi connectivity index (χ1v) is 3.48. The zero-order chi connectivity index (χ0) is 7.11. The fourth-order valence-electron chi connectivity index (χ4n) is 0.660. The van der Waals surface area contributed by atoms with Gasteiger partial charge < -0.3 is 10.5 Å². The third-order valence-electron chi connectivity index (χ3n) is 1.36. The van der Waals surface area contributed by atoms with Gasteiger partial charge in [-0.3, -0.25) is 0 Å². The summed E-state index contributed by atoms with van der Waals surface area (Å²) in [6, 6.07) is 0. The molecule has 0 aromatic heterocycles. The molecule has 9 heavy (non-hydrogen) atoms. The van der Waals surface area contributed by atoms with Crippen LogP contribution in [0.4, 0.5) is 0 Å². The van der Waals surface area contributed by atoms with Crippen LogP contribution < -0.4 is 0 Å². The first-order valence-electron chi connectivity index (χ1n) is 3.48. The van der Waals surface area contributed by atoms with E-state index in [-0.39, 0.29) is 6.10 Å². The van der Waals surface area contributed by atoms with Crippen LogP contribution in [-0.2, 0) is 0 Å². The molecule has 1 unspecified atom stereocenters. The van der Waals surface area contributed by atoms with E-state index in [0.717, 1.165) is 25.7 Å². The van der Waals surface area contributed by atoms with E-state index in [4.69, 9.17) is 10.5 Å². The van der Waals surface area contributed by atoms with E-state index in [1.54, 1.807) is 0 Å². The van der Waals surface area contributed by atoms with E-state index in [1.807, 2.05) is 6.92 Å². The van der Waals surface area contributed by atoms with Gasteiger partial charge in [0.1, 0.15) is 0 Å². The summed E-state index contributed by atoms with van der Waals surface area (Å²) in [4.78, 5) is 0. The van der Waals surface area contributed by atoms with Crippen molar-refractivity contribution in [2.75, 3.05) is 0 Å². The van der Waals surface area contributed by atoms with Crippen LogP contribution in [0.2, 0.25) is 0 Å². The fourth-order valence-corrected chi connectivity index (χ4v) is 0.660. The van der Waals surface area contributed by atoms with Crippen LogP contribution in [-0.4, -0.2) is 17.4 Å². The molecular formula is C7H15NO. The minimum Gasteiger partial charge on any atom is -0.393 e. The molecule has 2 N–H and O–H groups in total. The molecule has 0 radical (unpaired) electrons. The Morgan fingerprint density at radius 3 is 2.78 bits per heavy atom. The maximum absolute atomic E-state index is 9.01. The third-order valence-corrected chi connectivity index (χ3v) is 1.36. The van der Waals surface area contributed by atoms with Crippen molar-refractivity contribution in [3.8, 4) is 0 Å². The molecule has 0 saturated heterocycles. The summed E-state index contributed by atoms with van der Waals surface area (Å²) in [5.74, 6) is 0. The number of aliphatic hydroxyl groups excluding tert-OH is 1. The first kappa shape index (κ1) is 8.63. The van der Waals surface area contributed by atoms with Crippen LogP contribution in [0.15, 0.2) is 0 Å². The number of unbranched alkanes of at least 4 members (excludes halogenated alkanes) is 1. The Hall–Kier alpha value is -0.370. The molecule has 0 rings (SSSR count). The van der Waals surface area contributed by atoms with E-state index in [2.05, 4.69) is 0 Å². The third kappa shape index (κ3) is 5.50. The van der Waals surface area contributed by atoms with Gasteiger partial charge in [-0.1, -0.05) is 6.92 Å². The van der Waals surface area contributed by atoms with Gasteiger partial charge in [0.15, 0.2) is 0 Å². The topological polar surface area (TPSA) is 44.1 Å². The van der Waals surface area contributed by atoms with Crippen LogP contribution in [0.1, 0.15) is 32.6 Å². The molecule has 0 amide bonds. The van der Waals surface area contributed by atoms with E-state index >= 15 is 0 Å². The van der Waals surface area contributed by atoms with Crippen LogP contribution in [0.25, 0.3) is 0 Å². The average molecular weight is 129 g/mol. The first-order chi connectivity index (χ1) is 4.31. The Balaban J connectivity index is 2.96. The number of hydrogen-bond acceptors (Lipinski definition) is 2. The van der Waals surface area contributed by atoms with Gasteiger partial charge in [0.25, 0.3) is 0 Å². The van der Waals surface area contributed by atoms with Crippen molar-refractivity contribution in [1.82, 2.24) is 0 Å². The maximum Gasteiger partial charge on any atom is 0.0537 e. The number of rotatable bonds is 5. The fraction of sp³-hybridized carbons (Fsp3) is 0.857. The second-order valence-corrected chi connectivity index (χ2v) is 2.20. The van der Waals surface area contributed by atoms with Gasteiger partial charge in [0, 0.05) is 0 Å². The molecule has 0 fully saturated rings. The smallest absolute Gasteiger partial charge is 0.0537 e. The highest BCUT2D eigenvalue weighted by Gasteiger charge is 1.97. The summed E-state index contributed by atoms with van der Waals surface area (Å²) >= 11 is 0. The molecule has 1 atom stereocenters. The van der Waals surface area contributed by atoms with Crippen LogP contribution in [0.3, 0.4) is 0 Å². The van der Waals surface area contributed by atoms with Gasteiger partial charge in [-0.25, -0.2) is 0 Å². The second kappa shape index (κ2) is 5.76. The van der Waals surface area contributed by atoms with E-state index in [1.165, 1.54) is 6.21 Å². The molecule has 54 valence electrons. The molecule has 2 heteroatoms. The minimum atomic E-state index is -0.148. The summed E-state index contributed by atoms with van der Waals surface area (Å²) in [5.41, 5.74) is 0. The summed E-state index contributed by atoms with van der Waals surface area (Å²) in [6.07, 6.45) is 4.66. The van der Waals surface area contributed by atoms with E-state index < -0.39 is 0 Å². The van der Waals surface area contributed by atoms with Crippen molar-refractivity contribution in [1.29, 1.82) is 5.41 Å². The molecule has 0 aliphatic carbocycles. The summed E-state index contributed by atoms with van der Waals surface area (Å²) in [6.45, 7) is 1.97. The molecule has 0 bridgehead atoms. The summed E-state index contributed by atoms with van der Waals surface area (Å²) in [7, 11) is 0. The van der Waals surface area contributed by atoms with Gasteiger partial charge in [0.05, 0.1) is 6.10 Å². The SMILES string of the molecule is CCC(O)CCCC=N. The maximum atomic E-state index is 9.01. The van der Waals surface area contributed by atoms with Gasteiger partial charge >= 0.3 is 0 Å². The highest BCUT2D eigenvalue weighted by Crippen LogP contribution is 2.01. The Morgan fingerprint density at radius 1 is 1.67 bits per heavy atom. The lowest BCUT2D eigenvalue weighted by atomic mass is 10.1. The number of nitrogens with one attached hydrogen (secondary N) is 1. The highest BCUT2D eigenvalue weighted by atomic mass is 16.3. The largest absolute Gasteiger partial charge is 0.393 e. The van der Waals surface area contributed by atoms with Gasteiger partial charge in [-0.2, -0.15) is 0 Å². The minimum absolute atomic E-state index is 0.148. The van der Waals surface area contributed by atoms with Gasteiger partial charge in [0.2, 0.25) is 0 Å². The molecular weight excluding hydrogens is 114 g/mol. The standard InChI is InChI=1S/C7H15NO/c1-2-7(9)5-3-4-6-8/h6-9H,2-5H2,1H3. The highest BCUT2D eigenvalue weighted by molar-refractivity contribution is 5.52. The molecule has 2 nitrogen and oxygen atoms in total. The predicted octanol–water partition coefficient (Wildman–Crippen LogP) is 1.58. The van der Waals surface area contributed by atoms with Gasteiger partial charge in [-0.15, -0.1) is 0 Å². The van der Waals surface area contributed by atoms with E-state index in [9.17, 15) is 0 Å². The Labute approximate surface area is 56.4 Å². The van der Waals surface area contributed by atoms with E-state index in [0.29, 0.717) is 0 Å². The Bertz CT molecular complexity index is 73.3. The number of hydrogen-bond donors (Lipinski definition) is 2. The Morgan fingerprint density at radius 2 is 2.33 bits per heavy atom. The lowest BCUT2D eigenvalue weighted by Gasteiger charge is -2.03. The van der Waals surface area contributed by atoms with Crippen molar-refractivity contribution in [2.24, 2.45) is 0 Å². The quantitative estimate of drug-likeness (QED) is 0.429. The van der Waals surface area contributed by atoms with Gasteiger partial charge in [-0.05, 0) is 31.9 Å². The summed E-state index contributed by atoms with van der Waals surface area (Å²) in [5, 5.41) is 15.7. The second-order valence-electron chi connectivity index (χ2n) is 2.20. The molecule has 0 aromatic carbocycles. The van der Waals surface area contributed by atoms with Crippen molar-refractivity contribution < 1.29 is 5.11 Å². The molecule has 0 aliphatic heterocycles. The number of aliphatic hydroxyl groups is 1. The normalized spacial score (nSPS) is 13.1. The van der Waals surface area contributed by atoms with Crippen LogP contribution in [0.5, 0.6) is 0 Å². The Kier molecular flexibility index (Phi) is 5.52. The summed E-state index contributed by atoms with van der Waals surface area (Å²) < 4.78 is 0. The predicted molar refractivity (Wildman–Crippen MR) is 38.9 cm³/mol. The monoisotopic (exact) mass is 129 g/mol. The molecule has 0 spiro atoms. The van der Waals surface area contributed by atoms with Crippen molar-refractivity contribution >= 4 is 6.21 Å². The van der Waals surface area contributed by atoms with Crippen molar-refractivity contribution in [3.05, 3.63) is 0 Å². The molecule has 0 heterocycles. The lowest BCUT2D eigenvalue weighted by molar-refractivity contribution is 0.158. The van der Waals surface area contributed by atoms with Crippen LogP contribution in [0, 0.1) is 5.41 Å². The molecule has 0 aliphatic rings. The van der Waals surface area contributed by atoms with Crippen molar-refractivity contribution in [2.45, 2.75) is 38.7 Å². The molecule has 0 aromatic rings. The van der Waals surface area contributed by atoms with Crippen LogP contribution >= 0.6 is 0 Å². The molecule has 0 saturated carbocycles.